The molecule has 0 bridgehead atoms. The largest absolute Gasteiger partial charge is 0.507 e. The lowest BCUT2D eigenvalue weighted by molar-refractivity contribution is 0.112. The lowest BCUT2D eigenvalue weighted by atomic mass is 10.2. The van der Waals surface area contributed by atoms with E-state index in [0.29, 0.717) is 18.6 Å². The number of hydrogen-bond acceptors (Lipinski definition) is 3. The highest BCUT2D eigenvalue weighted by molar-refractivity contribution is 5.79. The SMILES string of the molecule is CCOc1ccc(C=O)c(O)c1. The summed E-state index contributed by atoms with van der Waals surface area (Å²) in [7, 11) is 0. The Labute approximate surface area is 70.6 Å². The Balaban J connectivity index is 2.93. The number of phenolic OH excluding ortho intramolecular Hbond substituents is 1. The maximum absolute atomic E-state index is 10.3. The van der Waals surface area contributed by atoms with Crippen LogP contribution in [-0.2, 0) is 0 Å². The molecule has 0 spiro atoms. The van der Waals surface area contributed by atoms with Gasteiger partial charge in [-0.15, -0.1) is 0 Å². The molecular weight excluding hydrogens is 156 g/mol. The molecule has 0 fully saturated rings. The van der Waals surface area contributed by atoms with Crippen LogP contribution in [0.4, 0.5) is 0 Å². The Morgan fingerprint density at radius 2 is 2.33 bits per heavy atom. The van der Waals surface area contributed by atoms with Crippen LogP contribution >= 0.6 is 0 Å². The molecule has 1 aromatic rings. The summed E-state index contributed by atoms with van der Waals surface area (Å²) in [5, 5.41) is 9.21. The second-order valence-corrected chi connectivity index (χ2v) is 2.27. The minimum atomic E-state index is -0.0454. The molecule has 1 aromatic carbocycles. The van der Waals surface area contributed by atoms with Gasteiger partial charge in [-0.05, 0) is 19.1 Å². The predicted octanol–water partition coefficient (Wildman–Crippen LogP) is 1.60. The van der Waals surface area contributed by atoms with Crippen LogP contribution in [-0.4, -0.2) is 18.0 Å². The van der Waals surface area contributed by atoms with Crippen molar-refractivity contribution in [3.63, 3.8) is 0 Å². The van der Waals surface area contributed by atoms with Crippen molar-refractivity contribution in [1.82, 2.24) is 0 Å². The van der Waals surface area contributed by atoms with Crippen LogP contribution in [0.5, 0.6) is 11.5 Å². The standard InChI is InChI=1S/C9H10O3/c1-2-12-8-4-3-7(6-10)9(11)5-8/h3-6,11H,2H2,1H3. The smallest absolute Gasteiger partial charge is 0.153 e. The Bertz CT molecular complexity index is 281. The van der Waals surface area contributed by atoms with Gasteiger partial charge in [0.1, 0.15) is 11.5 Å². The summed E-state index contributed by atoms with van der Waals surface area (Å²) < 4.78 is 5.11. The van der Waals surface area contributed by atoms with Crippen molar-refractivity contribution < 1.29 is 14.6 Å². The van der Waals surface area contributed by atoms with E-state index >= 15 is 0 Å². The molecule has 12 heavy (non-hydrogen) atoms. The third-order valence-electron chi connectivity index (χ3n) is 1.44. The average molecular weight is 166 g/mol. The summed E-state index contributed by atoms with van der Waals surface area (Å²) in [5.41, 5.74) is 0.276. The Morgan fingerprint density at radius 1 is 1.58 bits per heavy atom. The fourth-order valence-electron chi connectivity index (χ4n) is 0.880. The average Bonchev–Trinajstić information content (AvgIpc) is 2.05. The number of carbonyl (C=O) groups excluding carboxylic acids is 1. The summed E-state index contributed by atoms with van der Waals surface area (Å²) >= 11 is 0. The normalized spacial score (nSPS) is 9.42. The van der Waals surface area contributed by atoms with Gasteiger partial charge in [-0.1, -0.05) is 0 Å². The number of ether oxygens (including phenoxy) is 1. The van der Waals surface area contributed by atoms with E-state index in [1.165, 1.54) is 12.1 Å². The van der Waals surface area contributed by atoms with Crippen molar-refractivity contribution >= 4 is 6.29 Å². The molecule has 0 aliphatic carbocycles. The Kier molecular flexibility index (Phi) is 2.69. The molecule has 64 valence electrons. The number of carbonyl (C=O) groups is 1. The first-order valence-electron chi connectivity index (χ1n) is 3.69. The van der Waals surface area contributed by atoms with Crippen molar-refractivity contribution in [2.45, 2.75) is 6.92 Å². The zero-order chi connectivity index (χ0) is 8.97. The van der Waals surface area contributed by atoms with Gasteiger partial charge in [0, 0.05) is 6.07 Å². The number of phenols is 1. The van der Waals surface area contributed by atoms with Gasteiger partial charge < -0.3 is 9.84 Å². The monoisotopic (exact) mass is 166 g/mol. The van der Waals surface area contributed by atoms with Gasteiger partial charge in [0.15, 0.2) is 6.29 Å². The number of rotatable bonds is 3. The van der Waals surface area contributed by atoms with Gasteiger partial charge in [0.05, 0.1) is 12.2 Å². The van der Waals surface area contributed by atoms with E-state index in [1.54, 1.807) is 6.07 Å². The van der Waals surface area contributed by atoms with Crippen LogP contribution in [0.15, 0.2) is 18.2 Å². The molecule has 0 heterocycles. The van der Waals surface area contributed by atoms with Crippen molar-refractivity contribution in [2.24, 2.45) is 0 Å². The lowest BCUT2D eigenvalue weighted by Gasteiger charge is -2.03. The Hall–Kier alpha value is -1.51. The van der Waals surface area contributed by atoms with Gasteiger partial charge in [0.2, 0.25) is 0 Å². The topological polar surface area (TPSA) is 46.5 Å². The van der Waals surface area contributed by atoms with Gasteiger partial charge in [-0.2, -0.15) is 0 Å². The second kappa shape index (κ2) is 3.76. The van der Waals surface area contributed by atoms with Crippen molar-refractivity contribution in [3.8, 4) is 11.5 Å². The third-order valence-corrected chi connectivity index (χ3v) is 1.44. The lowest BCUT2D eigenvalue weighted by Crippen LogP contribution is -1.91. The highest BCUT2D eigenvalue weighted by Gasteiger charge is 2.00. The van der Waals surface area contributed by atoms with Crippen LogP contribution in [0.25, 0.3) is 0 Å². The molecule has 0 radical (unpaired) electrons. The van der Waals surface area contributed by atoms with E-state index in [1.807, 2.05) is 6.92 Å². The quantitative estimate of drug-likeness (QED) is 0.694. The minimum absolute atomic E-state index is 0.0454. The highest BCUT2D eigenvalue weighted by atomic mass is 16.5. The fraction of sp³-hybridized carbons (Fsp3) is 0.222. The molecule has 3 heteroatoms. The van der Waals surface area contributed by atoms with Crippen LogP contribution in [0.2, 0.25) is 0 Å². The summed E-state index contributed by atoms with van der Waals surface area (Å²) in [5.74, 6) is 0.525. The van der Waals surface area contributed by atoms with E-state index in [0.717, 1.165) is 0 Å². The first kappa shape index (κ1) is 8.59. The molecule has 0 saturated heterocycles. The number of benzene rings is 1. The van der Waals surface area contributed by atoms with Crippen LogP contribution in [0, 0.1) is 0 Å². The van der Waals surface area contributed by atoms with Crippen molar-refractivity contribution in [2.75, 3.05) is 6.61 Å². The van der Waals surface area contributed by atoms with Gasteiger partial charge in [0.25, 0.3) is 0 Å². The molecule has 3 nitrogen and oxygen atoms in total. The van der Waals surface area contributed by atoms with Crippen molar-refractivity contribution in [3.05, 3.63) is 23.8 Å². The molecule has 0 unspecified atom stereocenters. The molecular formula is C9H10O3. The molecule has 1 N–H and O–H groups in total. The van der Waals surface area contributed by atoms with Crippen LogP contribution in [0.3, 0.4) is 0 Å². The zero-order valence-corrected chi connectivity index (χ0v) is 6.78. The fourth-order valence-corrected chi connectivity index (χ4v) is 0.880. The molecule has 1 rings (SSSR count). The van der Waals surface area contributed by atoms with Gasteiger partial charge >= 0.3 is 0 Å². The van der Waals surface area contributed by atoms with Gasteiger partial charge in [-0.3, -0.25) is 4.79 Å². The van der Waals surface area contributed by atoms with Crippen molar-refractivity contribution in [1.29, 1.82) is 0 Å². The van der Waals surface area contributed by atoms with Crippen LogP contribution in [0.1, 0.15) is 17.3 Å². The van der Waals surface area contributed by atoms with E-state index in [4.69, 9.17) is 4.74 Å². The number of aromatic hydroxyl groups is 1. The Morgan fingerprint density at radius 3 is 2.83 bits per heavy atom. The predicted molar refractivity (Wildman–Crippen MR) is 44.7 cm³/mol. The molecule has 0 aromatic heterocycles. The van der Waals surface area contributed by atoms with Gasteiger partial charge in [-0.25, -0.2) is 0 Å². The summed E-state index contributed by atoms with van der Waals surface area (Å²) in [4.78, 5) is 10.3. The van der Waals surface area contributed by atoms with E-state index in [-0.39, 0.29) is 11.3 Å². The summed E-state index contributed by atoms with van der Waals surface area (Å²) in [6, 6.07) is 4.59. The molecule has 0 amide bonds. The summed E-state index contributed by atoms with van der Waals surface area (Å²) in [6.07, 6.45) is 0.602. The highest BCUT2D eigenvalue weighted by Crippen LogP contribution is 2.21. The van der Waals surface area contributed by atoms with E-state index in [9.17, 15) is 9.90 Å². The minimum Gasteiger partial charge on any atom is -0.507 e. The molecule has 0 atom stereocenters. The molecule has 0 aliphatic rings. The summed E-state index contributed by atoms with van der Waals surface area (Å²) in [6.45, 7) is 2.39. The van der Waals surface area contributed by atoms with E-state index in [2.05, 4.69) is 0 Å². The third kappa shape index (κ3) is 1.75. The first-order chi connectivity index (χ1) is 5.77. The maximum Gasteiger partial charge on any atom is 0.153 e. The number of hydrogen-bond donors (Lipinski definition) is 1. The number of aldehydes is 1. The maximum atomic E-state index is 10.3. The van der Waals surface area contributed by atoms with Crippen LogP contribution < -0.4 is 4.74 Å². The first-order valence-corrected chi connectivity index (χ1v) is 3.69. The zero-order valence-electron chi connectivity index (χ0n) is 6.78. The molecule has 0 aliphatic heterocycles. The van der Waals surface area contributed by atoms with E-state index < -0.39 is 0 Å². The molecule has 0 saturated carbocycles. The second-order valence-electron chi connectivity index (χ2n) is 2.27.